The van der Waals surface area contributed by atoms with E-state index in [4.69, 9.17) is 0 Å². The van der Waals surface area contributed by atoms with Gasteiger partial charge in [0.15, 0.2) is 0 Å². The van der Waals surface area contributed by atoms with Crippen LogP contribution < -0.4 is 5.32 Å². The van der Waals surface area contributed by atoms with Crippen LogP contribution in [0, 0.1) is 13.8 Å². The maximum atomic E-state index is 3.82. The Balaban J connectivity index is 2.92. The second-order valence-electron chi connectivity index (χ2n) is 4.84. The molecule has 0 aromatic heterocycles. The molecule has 1 aromatic carbocycles. The summed E-state index contributed by atoms with van der Waals surface area (Å²) in [5, 5.41) is 3.63. The first-order valence-electron chi connectivity index (χ1n) is 6.71. The van der Waals surface area contributed by atoms with Crippen molar-refractivity contribution < 1.29 is 0 Å². The van der Waals surface area contributed by atoms with Crippen molar-refractivity contribution in [2.24, 2.45) is 0 Å². The molecule has 18 heavy (non-hydrogen) atoms. The fourth-order valence-corrected chi connectivity index (χ4v) is 2.40. The Labute approximate surface area is 120 Å². The Bertz CT molecular complexity index is 375. The van der Waals surface area contributed by atoms with Crippen LogP contribution in [0.3, 0.4) is 0 Å². The van der Waals surface area contributed by atoms with E-state index in [0.717, 1.165) is 19.4 Å². The molecule has 0 amide bonds. The zero-order valence-electron chi connectivity index (χ0n) is 11.7. The van der Waals surface area contributed by atoms with Crippen LogP contribution in [0.2, 0.25) is 0 Å². The zero-order valence-corrected chi connectivity index (χ0v) is 13.3. The summed E-state index contributed by atoms with van der Waals surface area (Å²) in [5.41, 5.74) is 4.02. The summed E-state index contributed by atoms with van der Waals surface area (Å²) >= 11 is 3.63. The largest absolute Gasteiger partial charge is 0.310 e. The average Bonchev–Trinajstić information content (AvgIpc) is 2.35. The van der Waals surface area contributed by atoms with Gasteiger partial charge in [-0.15, -0.1) is 6.58 Å². The van der Waals surface area contributed by atoms with Crippen molar-refractivity contribution >= 4 is 15.9 Å². The first kappa shape index (κ1) is 15.5. The predicted molar refractivity (Wildman–Crippen MR) is 84.1 cm³/mol. The van der Waals surface area contributed by atoms with Crippen LogP contribution in [-0.2, 0) is 0 Å². The Kier molecular flexibility index (Phi) is 6.66. The Morgan fingerprint density at radius 3 is 2.44 bits per heavy atom. The monoisotopic (exact) mass is 309 g/mol. The molecule has 0 saturated carbocycles. The lowest BCUT2D eigenvalue weighted by molar-refractivity contribution is 0.502. The van der Waals surface area contributed by atoms with Gasteiger partial charge in [0, 0.05) is 10.5 Å². The number of aryl methyl sites for hydroxylation is 2. The van der Waals surface area contributed by atoms with Crippen LogP contribution in [0.4, 0.5) is 0 Å². The lowest BCUT2D eigenvalue weighted by Crippen LogP contribution is -2.22. The van der Waals surface area contributed by atoms with E-state index >= 15 is 0 Å². The van der Waals surface area contributed by atoms with Crippen LogP contribution in [0.15, 0.2) is 29.3 Å². The van der Waals surface area contributed by atoms with E-state index in [1.165, 1.54) is 27.6 Å². The number of rotatable bonds is 7. The number of nitrogens with one attached hydrogen (secondary N) is 1. The van der Waals surface area contributed by atoms with Gasteiger partial charge in [0.2, 0.25) is 0 Å². The van der Waals surface area contributed by atoms with Crippen LogP contribution in [-0.4, -0.2) is 6.54 Å². The lowest BCUT2D eigenvalue weighted by atomic mass is 9.98. The van der Waals surface area contributed by atoms with Crippen molar-refractivity contribution in [3.63, 3.8) is 0 Å². The smallest absolute Gasteiger partial charge is 0.0323 e. The van der Waals surface area contributed by atoms with Gasteiger partial charge in [0.25, 0.3) is 0 Å². The van der Waals surface area contributed by atoms with Gasteiger partial charge in [0.05, 0.1) is 0 Å². The first-order valence-corrected chi connectivity index (χ1v) is 7.50. The van der Waals surface area contributed by atoms with E-state index in [9.17, 15) is 0 Å². The molecule has 0 bridgehead atoms. The normalized spacial score (nSPS) is 12.4. The molecule has 0 aliphatic rings. The molecule has 1 nitrogen and oxygen atoms in total. The summed E-state index contributed by atoms with van der Waals surface area (Å²) in [6.45, 7) is 11.4. The Morgan fingerprint density at radius 1 is 1.33 bits per heavy atom. The topological polar surface area (TPSA) is 12.0 Å². The second kappa shape index (κ2) is 7.75. The molecule has 0 aliphatic carbocycles. The molecular weight excluding hydrogens is 286 g/mol. The predicted octanol–water partition coefficient (Wildman–Crippen LogP) is 5.07. The summed E-state index contributed by atoms with van der Waals surface area (Å²) in [5.74, 6) is 0. The van der Waals surface area contributed by atoms with E-state index in [0.29, 0.717) is 6.04 Å². The first-order chi connectivity index (χ1) is 8.60. The molecule has 2 heteroatoms. The van der Waals surface area contributed by atoms with E-state index in [1.807, 2.05) is 6.08 Å². The highest BCUT2D eigenvalue weighted by Gasteiger charge is 2.12. The molecule has 1 atom stereocenters. The van der Waals surface area contributed by atoms with E-state index in [2.05, 4.69) is 60.7 Å². The molecule has 100 valence electrons. The fraction of sp³-hybridized carbons (Fsp3) is 0.500. The van der Waals surface area contributed by atoms with Crippen molar-refractivity contribution in [2.75, 3.05) is 6.54 Å². The molecule has 0 fully saturated rings. The number of benzene rings is 1. The quantitative estimate of drug-likeness (QED) is 0.693. The van der Waals surface area contributed by atoms with Gasteiger partial charge in [-0.1, -0.05) is 41.1 Å². The molecule has 0 heterocycles. The highest BCUT2D eigenvalue weighted by molar-refractivity contribution is 9.10. The van der Waals surface area contributed by atoms with E-state index < -0.39 is 0 Å². The van der Waals surface area contributed by atoms with Crippen molar-refractivity contribution in [2.45, 2.75) is 46.1 Å². The third kappa shape index (κ3) is 4.25. The van der Waals surface area contributed by atoms with Crippen LogP contribution in [0.25, 0.3) is 0 Å². The minimum absolute atomic E-state index is 0.438. The van der Waals surface area contributed by atoms with Crippen molar-refractivity contribution in [1.82, 2.24) is 5.32 Å². The van der Waals surface area contributed by atoms with Crippen LogP contribution in [0.5, 0.6) is 0 Å². The maximum absolute atomic E-state index is 3.82. The summed E-state index contributed by atoms with van der Waals surface area (Å²) in [7, 11) is 0. The minimum atomic E-state index is 0.438. The Hall–Kier alpha value is -0.600. The van der Waals surface area contributed by atoms with Crippen molar-refractivity contribution in [3.05, 3.63) is 46.0 Å². The van der Waals surface area contributed by atoms with Crippen LogP contribution >= 0.6 is 15.9 Å². The molecule has 0 aliphatic heterocycles. The van der Waals surface area contributed by atoms with Crippen LogP contribution in [0.1, 0.15) is 48.9 Å². The highest BCUT2D eigenvalue weighted by atomic mass is 79.9. The third-order valence-electron chi connectivity index (χ3n) is 3.16. The molecule has 1 aromatic rings. The zero-order chi connectivity index (χ0) is 13.5. The van der Waals surface area contributed by atoms with Gasteiger partial charge in [-0.05, 0) is 56.3 Å². The SMILES string of the molecule is C=CCCC(NCCC)c1cc(C)c(Br)c(C)c1. The Morgan fingerprint density at radius 2 is 1.94 bits per heavy atom. The van der Waals surface area contributed by atoms with Gasteiger partial charge < -0.3 is 5.32 Å². The second-order valence-corrected chi connectivity index (χ2v) is 5.63. The molecule has 1 rings (SSSR count). The molecule has 0 spiro atoms. The summed E-state index contributed by atoms with van der Waals surface area (Å²) in [6, 6.07) is 5.01. The lowest BCUT2D eigenvalue weighted by Gasteiger charge is -2.20. The number of allylic oxidation sites excluding steroid dienone is 1. The van der Waals surface area contributed by atoms with E-state index in [-0.39, 0.29) is 0 Å². The third-order valence-corrected chi connectivity index (χ3v) is 4.41. The van der Waals surface area contributed by atoms with Crippen molar-refractivity contribution in [1.29, 1.82) is 0 Å². The number of hydrogen-bond donors (Lipinski definition) is 1. The molecule has 0 saturated heterocycles. The molecule has 0 radical (unpaired) electrons. The highest BCUT2D eigenvalue weighted by Crippen LogP contribution is 2.27. The van der Waals surface area contributed by atoms with Gasteiger partial charge >= 0.3 is 0 Å². The van der Waals surface area contributed by atoms with Gasteiger partial charge in [-0.3, -0.25) is 0 Å². The summed E-state index contributed by atoms with van der Waals surface area (Å²) < 4.78 is 1.23. The molecular formula is C16H24BrN. The van der Waals surface area contributed by atoms with Gasteiger partial charge in [-0.2, -0.15) is 0 Å². The number of hydrogen-bond acceptors (Lipinski definition) is 1. The fourth-order valence-electron chi connectivity index (χ4n) is 2.17. The molecule has 1 N–H and O–H groups in total. The van der Waals surface area contributed by atoms with Crippen molar-refractivity contribution in [3.8, 4) is 0 Å². The molecule has 1 unspecified atom stereocenters. The minimum Gasteiger partial charge on any atom is -0.310 e. The van der Waals surface area contributed by atoms with E-state index in [1.54, 1.807) is 0 Å². The van der Waals surface area contributed by atoms with Gasteiger partial charge in [-0.25, -0.2) is 0 Å². The standard InChI is InChI=1S/C16H24BrN/c1-5-7-8-15(18-9-6-2)14-10-12(3)16(17)13(4)11-14/h5,10-11,15,18H,1,6-9H2,2-4H3. The average molecular weight is 310 g/mol. The summed E-state index contributed by atoms with van der Waals surface area (Å²) in [6.07, 6.45) is 5.33. The number of halogens is 1. The maximum Gasteiger partial charge on any atom is 0.0323 e. The van der Waals surface area contributed by atoms with Gasteiger partial charge in [0.1, 0.15) is 0 Å². The summed E-state index contributed by atoms with van der Waals surface area (Å²) in [4.78, 5) is 0.